The number of carbonyl (C=O) groups excluding carboxylic acids is 2. The Bertz CT molecular complexity index is 1070. The number of anilines is 2. The van der Waals surface area contributed by atoms with Crippen LogP contribution >= 0.6 is 0 Å². The minimum Gasteiger partial charge on any atom is -0.309 e. The summed E-state index contributed by atoms with van der Waals surface area (Å²) >= 11 is 0. The Morgan fingerprint density at radius 2 is 1.90 bits per heavy atom. The predicted octanol–water partition coefficient (Wildman–Crippen LogP) is 3.11. The molecule has 8 nitrogen and oxygen atoms in total. The molecule has 0 radical (unpaired) electrons. The minimum absolute atomic E-state index is 0.0770. The van der Waals surface area contributed by atoms with Crippen molar-refractivity contribution in [3.63, 3.8) is 0 Å². The summed E-state index contributed by atoms with van der Waals surface area (Å²) in [6.45, 7) is 5.39. The third-order valence-electron chi connectivity index (χ3n) is 5.02. The van der Waals surface area contributed by atoms with Crippen LogP contribution in [-0.4, -0.2) is 38.3 Å². The lowest BCUT2D eigenvalue weighted by Crippen LogP contribution is -2.37. The first-order chi connectivity index (χ1) is 14.5. The first-order valence-electron chi connectivity index (χ1n) is 10.0. The average Bonchev–Trinajstić information content (AvgIpc) is 3.12. The van der Waals surface area contributed by atoms with E-state index >= 15 is 0 Å². The SMILES string of the molecule is Cc1cccc(-c2ccc(NC(=O)CCC(=O)N3CCCn4nc(C)cc43)nn2)c1. The van der Waals surface area contributed by atoms with Gasteiger partial charge < -0.3 is 5.32 Å². The highest BCUT2D eigenvalue weighted by Gasteiger charge is 2.24. The fourth-order valence-corrected chi connectivity index (χ4v) is 3.58. The zero-order chi connectivity index (χ0) is 21.1. The standard InChI is InChI=1S/C22H24N6O2/c1-15-5-3-6-17(13-15)18-7-8-19(25-24-18)23-20(29)9-10-22(30)27-11-4-12-28-21(27)14-16(2)26-28/h3,5-8,13-14H,4,9-12H2,1-2H3,(H,23,25,29). The van der Waals surface area contributed by atoms with Crippen molar-refractivity contribution in [1.29, 1.82) is 0 Å². The Labute approximate surface area is 174 Å². The van der Waals surface area contributed by atoms with E-state index in [1.807, 2.05) is 54.9 Å². The molecule has 1 N–H and O–H groups in total. The van der Waals surface area contributed by atoms with Crippen LogP contribution in [0.1, 0.15) is 30.5 Å². The van der Waals surface area contributed by atoms with Crippen LogP contribution in [0.4, 0.5) is 11.6 Å². The van der Waals surface area contributed by atoms with E-state index in [4.69, 9.17) is 0 Å². The smallest absolute Gasteiger partial charge is 0.228 e. The number of nitrogens with one attached hydrogen (secondary N) is 1. The summed E-state index contributed by atoms with van der Waals surface area (Å²) in [6, 6.07) is 13.4. The monoisotopic (exact) mass is 404 g/mol. The van der Waals surface area contributed by atoms with Gasteiger partial charge in [0.2, 0.25) is 11.8 Å². The van der Waals surface area contributed by atoms with E-state index in [9.17, 15) is 9.59 Å². The quantitative estimate of drug-likeness (QED) is 0.705. The molecule has 3 aromatic rings. The second-order valence-electron chi connectivity index (χ2n) is 7.49. The van der Waals surface area contributed by atoms with Crippen LogP contribution < -0.4 is 10.2 Å². The fraction of sp³-hybridized carbons (Fsp3) is 0.318. The van der Waals surface area contributed by atoms with E-state index in [-0.39, 0.29) is 24.7 Å². The lowest BCUT2D eigenvalue weighted by Gasteiger charge is -2.27. The zero-order valence-corrected chi connectivity index (χ0v) is 17.1. The molecule has 0 aliphatic carbocycles. The molecule has 0 atom stereocenters. The van der Waals surface area contributed by atoms with Gasteiger partial charge in [0.1, 0.15) is 5.82 Å². The van der Waals surface area contributed by atoms with Gasteiger partial charge in [0, 0.05) is 37.6 Å². The molecule has 0 saturated heterocycles. The average molecular weight is 404 g/mol. The van der Waals surface area contributed by atoms with E-state index in [2.05, 4.69) is 20.6 Å². The Kier molecular flexibility index (Phi) is 5.56. The molecule has 1 aliphatic rings. The number of amides is 2. The minimum atomic E-state index is -0.261. The number of carbonyl (C=O) groups is 2. The number of fused-ring (bicyclic) bond motifs is 1. The Morgan fingerprint density at radius 1 is 1.03 bits per heavy atom. The lowest BCUT2D eigenvalue weighted by molar-refractivity contribution is -0.122. The van der Waals surface area contributed by atoms with Crippen LogP contribution in [0.3, 0.4) is 0 Å². The molecular weight excluding hydrogens is 380 g/mol. The largest absolute Gasteiger partial charge is 0.309 e. The van der Waals surface area contributed by atoms with Gasteiger partial charge in [-0.15, -0.1) is 10.2 Å². The highest BCUT2D eigenvalue weighted by Crippen LogP contribution is 2.23. The molecule has 0 bridgehead atoms. The summed E-state index contributed by atoms with van der Waals surface area (Å²) in [5.74, 6) is 0.840. The number of aromatic nitrogens is 4. The van der Waals surface area contributed by atoms with Crippen molar-refractivity contribution < 1.29 is 9.59 Å². The van der Waals surface area contributed by atoms with Crippen molar-refractivity contribution in [2.24, 2.45) is 0 Å². The van der Waals surface area contributed by atoms with Gasteiger partial charge in [0.05, 0.1) is 11.4 Å². The molecule has 154 valence electrons. The van der Waals surface area contributed by atoms with Gasteiger partial charge in [-0.25, -0.2) is 4.68 Å². The molecule has 0 fully saturated rings. The summed E-state index contributed by atoms with van der Waals surface area (Å²) in [7, 11) is 0. The van der Waals surface area contributed by atoms with Crippen molar-refractivity contribution in [3.05, 3.63) is 53.7 Å². The molecule has 2 aromatic heterocycles. The highest BCUT2D eigenvalue weighted by atomic mass is 16.2. The molecular formula is C22H24N6O2. The number of hydrogen-bond donors (Lipinski definition) is 1. The zero-order valence-electron chi connectivity index (χ0n) is 17.1. The Balaban J connectivity index is 1.32. The third-order valence-corrected chi connectivity index (χ3v) is 5.02. The number of benzene rings is 1. The second-order valence-corrected chi connectivity index (χ2v) is 7.49. The number of rotatable bonds is 5. The summed E-state index contributed by atoms with van der Waals surface area (Å²) in [5.41, 5.74) is 3.74. The normalized spacial score (nSPS) is 13.1. The van der Waals surface area contributed by atoms with Gasteiger partial charge in [-0.2, -0.15) is 5.10 Å². The van der Waals surface area contributed by atoms with Crippen molar-refractivity contribution in [3.8, 4) is 11.3 Å². The van der Waals surface area contributed by atoms with Crippen LogP contribution in [0.5, 0.6) is 0 Å². The maximum absolute atomic E-state index is 12.6. The molecule has 3 heterocycles. The van der Waals surface area contributed by atoms with Crippen LogP contribution in [0.25, 0.3) is 11.3 Å². The van der Waals surface area contributed by atoms with E-state index in [0.29, 0.717) is 12.4 Å². The molecule has 4 rings (SSSR count). The number of nitrogens with zero attached hydrogens (tertiary/aromatic N) is 5. The molecule has 1 aliphatic heterocycles. The molecule has 8 heteroatoms. The van der Waals surface area contributed by atoms with Gasteiger partial charge in [0.25, 0.3) is 0 Å². The van der Waals surface area contributed by atoms with Gasteiger partial charge in [-0.05, 0) is 38.5 Å². The van der Waals surface area contributed by atoms with Gasteiger partial charge >= 0.3 is 0 Å². The molecule has 2 amide bonds. The van der Waals surface area contributed by atoms with Crippen LogP contribution in [0.2, 0.25) is 0 Å². The lowest BCUT2D eigenvalue weighted by atomic mass is 10.1. The van der Waals surface area contributed by atoms with Gasteiger partial charge in [-0.3, -0.25) is 14.5 Å². The van der Waals surface area contributed by atoms with Gasteiger partial charge in [-0.1, -0.05) is 23.8 Å². The van der Waals surface area contributed by atoms with Crippen LogP contribution in [0, 0.1) is 13.8 Å². The first-order valence-corrected chi connectivity index (χ1v) is 10.0. The summed E-state index contributed by atoms with van der Waals surface area (Å²) < 4.78 is 1.85. The molecule has 0 spiro atoms. The Hall–Kier alpha value is -3.55. The highest BCUT2D eigenvalue weighted by molar-refractivity contribution is 5.97. The van der Waals surface area contributed by atoms with E-state index in [1.165, 1.54) is 0 Å². The van der Waals surface area contributed by atoms with E-state index < -0.39 is 0 Å². The number of hydrogen-bond acceptors (Lipinski definition) is 5. The van der Waals surface area contributed by atoms with Crippen molar-refractivity contribution in [2.75, 3.05) is 16.8 Å². The van der Waals surface area contributed by atoms with Crippen LogP contribution in [-0.2, 0) is 16.1 Å². The summed E-state index contributed by atoms with van der Waals surface area (Å²) in [5, 5.41) is 15.4. The van der Waals surface area contributed by atoms with Crippen LogP contribution in [0.15, 0.2) is 42.5 Å². The van der Waals surface area contributed by atoms with Crippen molar-refractivity contribution in [2.45, 2.75) is 39.7 Å². The molecule has 0 saturated carbocycles. The topological polar surface area (TPSA) is 93.0 Å². The second kappa shape index (κ2) is 8.44. The first kappa shape index (κ1) is 19.8. The van der Waals surface area contributed by atoms with Gasteiger partial charge in [0.15, 0.2) is 5.82 Å². The van der Waals surface area contributed by atoms with E-state index in [0.717, 1.165) is 41.3 Å². The van der Waals surface area contributed by atoms with E-state index in [1.54, 1.807) is 11.0 Å². The Morgan fingerprint density at radius 3 is 2.67 bits per heavy atom. The third kappa shape index (κ3) is 4.37. The predicted molar refractivity (Wildman–Crippen MR) is 114 cm³/mol. The summed E-state index contributed by atoms with van der Waals surface area (Å²) in [6.07, 6.45) is 1.07. The molecule has 1 aromatic carbocycles. The maximum atomic E-state index is 12.6. The van der Waals surface area contributed by atoms with Crippen molar-refractivity contribution in [1.82, 2.24) is 20.0 Å². The molecule has 0 unspecified atom stereocenters. The van der Waals surface area contributed by atoms with Crippen molar-refractivity contribution >= 4 is 23.5 Å². The molecule has 30 heavy (non-hydrogen) atoms. The maximum Gasteiger partial charge on any atom is 0.228 e. The fourth-order valence-electron chi connectivity index (χ4n) is 3.58. The summed E-state index contributed by atoms with van der Waals surface area (Å²) in [4.78, 5) is 26.6. The number of aryl methyl sites for hydroxylation is 3.